The molecule has 1 N–H and O–H groups in total. The fourth-order valence-electron chi connectivity index (χ4n) is 3.43. The van der Waals surface area contributed by atoms with E-state index in [0.29, 0.717) is 17.9 Å². The molecule has 0 aromatic heterocycles. The Labute approximate surface area is 189 Å². The van der Waals surface area contributed by atoms with Crippen molar-refractivity contribution in [1.82, 2.24) is 9.80 Å². The van der Waals surface area contributed by atoms with Crippen LogP contribution in [0.3, 0.4) is 0 Å². The highest BCUT2D eigenvalue weighted by molar-refractivity contribution is 6.30. The molecule has 0 aliphatic carbocycles. The molecule has 2 aromatic carbocycles. The van der Waals surface area contributed by atoms with Crippen molar-refractivity contribution in [3.63, 3.8) is 0 Å². The van der Waals surface area contributed by atoms with E-state index in [4.69, 9.17) is 16.3 Å². The highest BCUT2D eigenvalue weighted by Gasteiger charge is 2.20. The highest BCUT2D eigenvalue weighted by atomic mass is 35.5. The molecule has 1 aliphatic heterocycles. The van der Waals surface area contributed by atoms with E-state index in [9.17, 15) is 9.90 Å². The van der Waals surface area contributed by atoms with Crippen LogP contribution in [0.25, 0.3) is 0 Å². The minimum atomic E-state index is -0.581. The second-order valence-electron chi connectivity index (χ2n) is 7.90. The molecule has 0 radical (unpaired) electrons. The average molecular weight is 444 g/mol. The van der Waals surface area contributed by atoms with E-state index in [-0.39, 0.29) is 12.4 Å². The molecular formula is C24H30ClN3O3. The van der Waals surface area contributed by atoms with Gasteiger partial charge in [0.2, 0.25) is 0 Å². The van der Waals surface area contributed by atoms with E-state index in [0.717, 1.165) is 36.9 Å². The maximum absolute atomic E-state index is 12.1. The molecule has 1 aliphatic rings. The molecule has 0 saturated carbocycles. The number of rotatable bonds is 9. The van der Waals surface area contributed by atoms with Crippen molar-refractivity contribution in [2.45, 2.75) is 6.10 Å². The summed E-state index contributed by atoms with van der Waals surface area (Å²) in [6, 6.07) is 14.9. The fourth-order valence-corrected chi connectivity index (χ4v) is 3.62. The summed E-state index contributed by atoms with van der Waals surface area (Å²) in [5.41, 5.74) is 1.73. The lowest BCUT2D eigenvalue weighted by molar-refractivity contribution is 0.0663. The van der Waals surface area contributed by atoms with Gasteiger partial charge in [0.15, 0.2) is 5.78 Å². The van der Waals surface area contributed by atoms with Crippen molar-refractivity contribution in [2.24, 2.45) is 0 Å². The number of anilines is 1. The van der Waals surface area contributed by atoms with Gasteiger partial charge in [0.05, 0.1) is 0 Å². The summed E-state index contributed by atoms with van der Waals surface area (Å²) >= 11 is 6.09. The molecule has 1 fully saturated rings. The molecule has 2 aromatic rings. The maximum atomic E-state index is 12.1. The Hall–Kier alpha value is -2.54. The standard InChI is InChI=1S/C24H30ClN3O3/c1-26(2)11-10-24(30)19-6-8-23(9-7-19)31-18-22(29)17-27-12-14-28(15-13-27)21-5-3-4-20(25)16-21/h3-11,16,22,29H,12-15,17-18H2,1-2H3. The largest absolute Gasteiger partial charge is 0.491 e. The first-order valence-corrected chi connectivity index (χ1v) is 10.8. The van der Waals surface area contributed by atoms with Crippen LogP contribution in [-0.2, 0) is 0 Å². The Bertz CT molecular complexity index is 878. The number of carbonyl (C=O) groups excluding carboxylic acids is 1. The third-order valence-electron chi connectivity index (χ3n) is 5.12. The number of piperazine rings is 1. The summed E-state index contributed by atoms with van der Waals surface area (Å²) in [5.74, 6) is 0.579. The lowest BCUT2D eigenvalue weighted by atomic mass is 10.1. The van der Waals surface area contributed by atoms with Gasteiger partial charge in [-0.1, -0.05) is 17.7 Å². The molecule has 0 bridgehead atoms. The number of ketones is 1. The molecule has 166 valence electrons. The highest BCUT2D eigenvalue weighted by Crippen LogP contribution is 2.21. The van der Waals surface area contributed by atoms with Gasteiger partial charge in [0.1, 0.15) is 18.5 Å². The Morgan fingerprint density at radius 3 is 2.52 bits per heavy atom. The van der Waals surface area contributed by atoms with E-state index in [2.05, 4.69) is 15.9 Å². The quantitative estimate of drug-likeness (QED) is 0.474. The first-order valence-electron chi connectivity index (χ1n) is 10.4. The van der Waals surface area contributed by atoms with Gasteiger partial charge < -0.3 is 19.6 Å². The first-order chi connectivity index (χ1) is 14.9. The zero-order chi connectivity index (χ0) is 22.2. The molecule has 1 atom stereocenters. The first kappa shape index (κ1) is 23.1. The summed E-state index contributed by atoms with van der Waals surface area (Å²) in [6.07, 6.45) is 2.67. The summed E-state index contributed by atoms with van der Waals surface area (Å²) in [6.45, 7) is 4.32. The van der Waals surface area contributed by atoms with Crippen molar-refractivity contribution in [3.8, 4) is 5.75 Å². The Morgan fingerprint density at radius 2 is 1.87 bits per heavy atom. The number of ether oxygens (including phenoxy) is 1. The average Bonchev–Trinajstić information content (AvgIpc) is 2.77. The van der Waals surface area contributed by atoms with E-state index < -0.39 is 6.10 Å². The van der Waals surface area contributed by atoms with E-state index in [1.165, 1.54) is 6.08 Å². The van der Waals surface area contributed by atoms with Crippen molar-refractivity contribution in [1.29, 1.82) is 0 Å². The van der Waals surface area contributed by atoms with Crippen molar-refractivity contribution in [2.75, 3.05) is 58.3 Å². The number of benzene rings is 2. The molecule has 0 amide bonds. The topological polar surface area (TPSA) is 56.3 Å². The molecule has 1 saturated heterocycles. The van der Waals surface area contributed by atoms with Gasteiger partial charge in [0, 0.05) is 75.4 Å². The van der Waals surface area contributed by atoms with Gasteiger partial charge in [-0.05, 0) is 42.5 Å². The number of allylic oxidation sites excluding steroid dienone is 1. The van der Waals surface area contributed by atoms with Gasteiger partial charge in [-0.2, -0.15) is 0 Å². The van der Waals surface area contributed by atoms with Crippen molar-refractivity contribution >= 4 is 23.1 Å². The Kier molecular flexibility index (Phi) is 8.35. The number of β-amino-alcohol motifs (C(OH)–C–C–N with tert-alkyl or cyclic N) is 1. The van der Waals surface area contributed by atoms with Crippen LogP contribution in [-0.4, -0.2) is 80.2 Å². The zero-order valence-electron chi connectivity index (χ0n) is 18.1. The van der Waals surface area contributed by atoms with E-state index in [1.54, 1.807) is 30.5 Å². The van der Waals surface area contributed by atoms with Gasteiger partial charge in [-0.3, -0.25) is 9.69 Å². The minimum absolute atomic E-state index is 0.0581. The van der Waals surface area contributed by atoms with Gasteiger partial charge in [-0.15, -0.1) is 0 Å². The van der Waals surface area contributed by atoms with E-state index >= 15 is 0 Å². The third kappa shape index (κ3) is 7.28. The van der Waals surface area contributed by atoms with Crippen LogP contribution >= 0.6 is 11.6 Å². The predicted molar refractivity (Wildman–Crippen MR) is 125 cm³/mol. The minimum Gasteiger partial charge on any atom is -0.491 e. The number of hydrogen-bond acceptors (Lipinski definition) is 6. The lowest BCUT2D eigenvalue weighted by Crippen LogP contribution is -2.49. The second kappa shape index (κ2) is 11.2. The van der Waals surface area contributed by atoms with Crippen LogP contribution in [0.2, 0.25) is 5.02 Å². The molecule has 0 spiro atoms. The van der Waals surface area contributed by atoms with E-state index in [1.807, 2.05) is 37.2 Å². The van der Waals surface area contributed by atoms with Crippen LogP contribution in [0.1, 0.15) is 10.4 Å². The molecule has 7 heteroatoms. The number of nitrogens with zero attached hydrogens (tertiary/aromatic N) is 3. The maximum Gasteiger partial charge on any atom is 0.187 e. The van der Waals surface area contributed by atoms with Crippen LogP contribution in [0.4, 0.5) is 5.69 Å². The summed E-state index contributed by atoms with van der Waals surface area (Å²) < 4.78 is 5.71. The summed E-state index contributed by atoms with van der Waals surface area (Å²) in [7, 11) is 3.73. The van der Waals surface area contributed by atoms with Crippen LogP contribution < -0.4 is 9.64 Å². The van der Waals surface area contributed by atoms with Crippen LogP contribution in [0.5, 0.6) is 5.75 Å². The van der Waals surface area contributed by atoms with Crippen molar-refractivity contribution < 1.29 is 14.6 Å². The number of aliphatic hydroxyl groups is 1. The number of aliphatic hydroxyl groups excluding tert-OH is 1. The van der Waals surface area contributed by atoms with Crippen molar-refractivity contribution in [3.05, 3.63) is 71.4 Å². The number of hydrogen-bond donors (Lipinski definition) is 1. The summed E-state index contributed by atoms with van der Waals surface area (Å²) in [5, 5.41) is 11.1. The lowest BCUT2D eigenvalue weighted by Gasteiger charge is -2.36. The molecule has 1 unspecified atom stereocenters. The molecular weight excluding hydrogens is 414 g/mol. The SMILES string of the molecule is CN(C)C=CC(=O)c1ccc(OCC(O)CN2CCN(c3cccc(Cl)c3)CC2)cc1. The smallest absolute Gasteiger partial charge is 0.187 e. The number of carbonyl (C=O) groups is 1. The monoisotopic (exact) mass is 443 g/mol. The fraction of sp³-hybridized carbons (Fsp3) is 0.375. The predicted octanol–water partition coefficient (Wildman–Crippen LogP) is 3.16. The van der Waals surface area contributed by atoms with Gasteiger partial charge >= 0.3 is 0 Å². The Morgan fingerprint density at radius 1 is 1.16 bits per heavy atom. The molecule has 3 rings (SSSR count). The van der Waals surface area contributed by atoms with Gasteiger partial charge in [0.25, 0.3) is 0 Å². The zero-order valence-corrected chi connectivity index (χ0v) is 18.8. The molecule has 1 heterocycles. The Balaban J connectivity index is 1.40. The summed E-state index contributed by atoms with van der Waals surface area (Å²) in [4.78, 5) is 18.4. The molecule has 31 heavy (non-hydrogen) atoms. The second-order valence-corrected chi connectivity index (χ2v) is 8.34. The van der Waals surface area contributed by atoms with Crippen LogP contribution in [0.15, 0.2) is 60.8 Å². The van der Waals surface area contributed by atoms with Gasteiger partial charge in [-0.25, -0.2) is 0 Å². The molecule has 6 nitrogen and oxygen atoms in total. The number of halogens is 1. The normalized spacial score (nSPS) is 15.8. The van der Waals surface area contributed by atoms with Crippen LogP contribution in [0, 0.1) is 0 Å². The third-order valence-corrected chi connectivity index (χ3v) is 5.35.